The van der Waals surface area contributed by atoms with Crippen LogP contribution in [0.5, 0.6) is 0 Å². The van der Waals surface area contributed by atoms with Crippen LogP contribution in [-0.4, -0.2) is 63.8 Å². The Bertz CT molecular complexity index is 816. The number of carboxylic acid groups (broad SMARTS) is 2. The Hall–Kier alpha value is -3.11. The van der Waals surface area contributed by atoms with Crippen molar-refractivity contribution in [3.05, 3.63) is 35.9 Å². The zero-order valence-corrected chi connectivity index (χ0v) is 20.8. The van der Waals surface area contributed by atoms with Crippen molar-refractivity contribution in [3.8, 4) is 0 Å². The van der Waals surface area contributed by atoms with Crippen molar-refractivity contribution in [3.63, 3.8) is 0 Å². The molecule has 1 rings (SSSR count). The average Bonchev–Trinajstić information content (AvgIpc) is 2.73. The summed E-state index contributed by atoms with van der Waals surface area (Å²) < 4.78 is 12.1. The minimum atomic E-state index is -4.02. The van der Waals surface area contributed by atoms with Crippen LogP contribution in [0.15, 0.2) is 30.3 Å². The monoisotopic (exact) mass is 502 g/mol. The van der Waals surface area contributed by atoms with Crippen molar-refractivity contribution in [2.75, 3.05) is 12.6 Å². The van der Waals surface area contributed by atoms with E-state index in [9.17, 15) is 28.6 Å². The van der Waals surface area contributed by atoms with Crippen LogP contribution in [0.1, 0.15) is 33.3 Å². The highest BCUT2D eigenvalue weighted by atomic mass is 31.2. The molecule has 13 heteroatoms. The minimum absolute atomic E-state index is 0.396. The highest BCUT2D eigenvalue weighted by Crippen LogP contribution is 2.37. The van der Waals surface area contributed by atoms with Crippen molar-refractivity contribution in [1.82, 2.24) is 21.3 Å². The fraction of sp³-hybridized carbons (Fsp3) is 0.524. The van der Waals surface area contributed by atoms with Gasteiger partial charge in [0.15, 0.2) is 0 Å². The van der Waals surface area contributed by atoms with Crippen LogP contribution in [0, 0.1) is 18.8 Å². The van der Waals surface area contributed by atoms with Crippen LogP contribution in [-0.2, 0) is 14.2 Å². The summed E-state index contributed by atoms with van der Waals surface area (Å²) in [5.74, 6) is -2.35. The molecule has 4 amide bonds. The average molecular weight is 503 g/mol. The summed E-state index contributed by atoms with van der Waals surface area (Å²) in [5, 5.41) is 25.8. The van der Waals surface area contributed by atoms with Crippen molar-refractivity contribution in [2.24, 2.45) is 11.8 Å². The van der Waals surface area contributed by atoms with Crippen molar-refractivity contribution in [2.45, 2.75) is 46.7 Å². The van der Waals surface area contributed by atoms with E-state index in [4.69, 9.17) is 10.2 Å². The van der Waals surface area contributed by atoms with Gasteiger partial charge in [0, 0.05) is 0 Å². The number of hydrogen-bond acceptors (Lipinski definition) is 5. The van der Waals surface area contributed by atoms with Gasteiger partial charge in [0.05, 0.1) is 12.6 Å². The predicted octanol–water partition coefficient (Wildman–Crippen LogP) is 1.98. The normalized spacial score (nSPS) is 14.0. The van der Waals surface area contributed by atoms with Gasteiger partial charge >= 0.3 is 12.2 Å². The molecule has 0 heterocycles. The van der Waals surface area contributed by atoms with E-state index in [0.717, 1.165) is 0 Å². The van der Waals surface area contributed by atoms with Crippen LogP contribution < -0.4 is 21.3 Å². The maximum absolute atomic E-state index is 12.1. The van der Waals surface area contributed by atoms with Crippen LogP contribution >= 0.6 is 7.37 Å². The van der Waals surface area contributed by atoms with Crippen LogP contribution in [0.2, 0.25) is 0 Å². The molecule has 0 spiro atoms. The van der Waals surface area contributed by atoms with Gasteiger partial charge in [0.1, 0.15) is 12.1 Å². The summed E-state index contributed by atoms with van der Waals surface area (Å²) in [4.78, 5) is 55.3. The molecule has 0 radical (unpaired) electrons. The van der Waals surface area contributed by atoms with Gasteiger partial charge in [-0.25, -0.2) is 9.59 Å². The van der Waals surface area contributed by atoms with E-state index in [1.807, 2.05) is 28.8 Å². The van der Waals surface area contributed by atoms with Crippen molar-refractivity contribution < 1.29 is 38.8 Å². The molecule has 0 saturated carbocycles. The first-order valence-electron chi connectivity index (χ1n) is 10.5. The molecule has 2 atom stereocenters. The van der Waals surface area contributed by atoms with E-state index in [0.29, 0.717) is 0 Å². The van der Waals surface area contributed by atoms with Gasteiger partial charge in [-0.05, 0) is 18.8 Å². The van der Waals surface area contributed by atoms with E-state index in [1.54, 1.807) is 27.7 Å². The Balaban J connectivity index is 0.00000131. The molecule has 0 bridgehead atoms. The van der Waals surface area contributed by atoms with Gasteiger partial charge in [-0.3, -0.25) is 14.2 Å². The SMILES string of the molecule is CC(C)C(NC(=O)O)C(=O)NCP(=O)(O)CNC(=O)C(NC(=O)O)C(C)C.Cc1ccccc1. The molecule has 0 aliphatic carbocycles. The number of hydrogen-bond donors (Lipinski definition) is 7. The molecule has 0 saturated heterocycles. The molecule has 12 nitrogen and oxygen atoms in total. The molecular weight excluding hydrogens is 467 g/mol. The summed E-state index contributed by atoms with van der Waals surface area (Å²) in [7, 11) is -4.02. The minimum Gasteiger partial charge on any atom is -0.465 e. The Morgan fingerprint density at radius 3 is 1.38 bits per heavy atom. The molecule has 0 aromatic heterocycles. The van der Waals surface area contributed by atoms with Crippen LogP contribution in [0.4, 0.5) is 9.59 Å². The maximum Gasteiger partial charge on any atom is 0.405 e. The third-order valence-electron chi connectivity index (χ3n) is 4.40. The lowest BCUT2D eigenvalue weighted by Gasteiger charge is -2.22. The quantitative estimate of drug-likeness (QED) is 0.236. The third-order valence-corrected chi connectivity index (χ3v) is 5.70. The number of benzene rings is 1. The lowest BCUT2D eigenvalue weighted by molar-refractivity contribution is -0.124. The largest absolute Gasteiger partial charge is 0.465 e. The second-order valence-corrected chi connectivity index (χ2v) is 10.6. The molecule has 2 unspecified atom stereocenters. The molecule has 7 N–H and O–H groups in total. The first kappa shape index (κ1) is 30.9. The Morgan fingerprint density at radius 1 is 0.794 bits per heavy atom. The summed E-state index contributed by atoms with van der Waals surface area (Å²) >= 11 is 0. The molecule has 34 heavy (non-hydrogen) atoms. The van der Waals surface area contributed by atoms with Crippen LogP contribution in [0.25, 0.3) is 0 Å². The van der Waals surface area contributed by atoms with E-state index in [1.165, 1.54) is 5.56 Å². The van der Waals surface area contributed by atoms with Gasteiger partial charge in [0.25, 0.3) is 0 Å². The van der Waals surface area contributed by atoms with Gasteiger partial charge < -0.3 is 36.4 Å². The highest BCUT2D eigenvalue weighted by molar-refractivity contribution is 7.57. The Labute approximate surface area is 199 Å². The highest BCUT2D eigenvalue weighted by Gasteiger charge is 2.29. The first-order valence-corrected chi connectivity index (χ1v) is 12.6. The molecule has 0 aliphatic rings. The topological polar surface area (TPSA) is 194 Å². The summed E-state index contributed by atoms with van der Waals surface area (Å²) in [6.07, 6.45) is -4.19. The molecule has 0 fully saturated rings. The second-order valence-electron chi connectivity index (χ2n) is 8.24. The number of carbonyl (C=O) groups excluding carboxylic acids is 2. The number of amides is 4. The van der Waals surface area contributed by atoms with Crippen molar-refractivity contribution >= 4 is 31.4 Å². The Morgan fingerprint density at radius 2 is 1.15 bits per heavy atom. The van der Waals surface area contributed by atoms with Gasteiger partial charge in [-0.2, -0.15) is 0 Å². The first-order chi connectivity index (χ1) is 15.7. The molecule has 1 aromatic rings. The standard InChI is InChI=1S/C14H27N4O8P.C7H8/c1-7(2)9(17-13(21)22)11(19)15-5-27(25,26)6-16-12(20)10(8(3)4)18-14(23)24;1-7-5-3-2-4-6-7/h7-10,17-18H,5-6H2,1-4H3,(H,15,19)(H,16,20)(H,21,22)(H,23,24)(H,25,26);2-6H,1H3. The van der Waals surface area contributed by atoms with Crippen LogP contribution in [0.3, 0.4) is 0 Å². The number of nitrogens with one attached hydrogen (secondary N) is 4. The number of carbonyl (C=O) groups is 4. The molecular formula is C21H35N4O8P. The van der Waals surface area contributed by atoms with E-state index in [2.05, 4.69) is 29.7 Å². The van der Waals surface area contributed by atoms with Crippen molar-refractivity contribution in [1.29, 1.82) is 0 Å². The van der Waals surface area contributed by atoms with E-state index >= 15 is 0 Å². The fourth-order valence-corrected chi connectivity index (χ4v) is 3.47. The van der Waals surface area contributed by atoms with E-state index in [-0.39, 0.29) is 0 Å². The summed E-state index contributed by atoms with van der Waals surface area (Å²) in [6.45, 7) is 8.47. The number of aryl methyl sites for hydroxylation is 1. The zero-order valence-electron chi connectivity index (χ0n) is 19.9. The van der Waals surface area contributed by atoms with Gasteiger partial charge in [0.2, 0.25) is 19.2 Å². The molecule has 192 valence electrons. The fourth-order valence-electron chi connectivity index (χ4n) is 2.55. The summed E-state index contributed by atoms with van der Waals surface area (Å²) in [6, 6.07) is 8.04. The lowest BCUT2D eigenvalue weighted by Crippen LogP contribution is -2.50. The molecule has 1 aromatic carbocycles. The van der Waals surface area contributed by atoms with Gasteiger partial charge in [-0.15, -0.1) is 0 Å². The maximum atomic E-state index is 12.1. The lowest BCUT2D eigenvalue weighted by atomic mass is 10.0. The third kappa shape index (κ3) is 13.4. The second kappa shape index (κ2) is 14.9. The number of rotatable bonds is 10. The summed E-state index contributed by atoms with van der Waals surface area (Å²) in [5.41, 5.74) is 1.32. The predicted molar refractivity (Wildman–Crippen MR) is 127 cm³/mol. The zero-order chi connectivity index (χ0) is 26.5. The Kier molecular flexibility index (Phi) is 13.6. The van der Waals surface area contributed by atoms with Gasteiger partial charge in [-0.1, -0.05) is 63.6 Å². The molecule has 0 aliphatic heterocycles. The smallest absolute Gasteiger partial charge is 0.405 e. The van der Waals surface area contributed by atoms with E-state index < -0.39 is 67.9 Å².